The fourth-order valence-corrected chi connectivity index (χ4v) is 4.69. The largest absolute Gasteiger partial charge is 0.448 e. The van der Waals surface area contributed by atoms with E-state index < -0.39 is 12.1 Å². The van der Waals surface area contributed by atoms with Crippen molar-refractivity contribution in [2.24, 2.45) is 17.8 Å². The maximum absolute atomic E-state index is 12.5. The predicted octanol–water partition coefficient (Wildman–Crippen LogP) is 3.12. The summed E-state index contributed by atoms with van der Waals surface area (Å²) >= 11 is 0. The molecular weight excluding hydrogens is 342 g/mol. The van der Waals surface area contributed by atoms with E-state index >= 15 is 0 Å². The molecule has 0 saturated heterocycles. The van der Waals surface area contributed by atoms with Crippen LogP contribution in [0.25, 0.3) is 11.0 Å². The van der Waals surface area contributed by atoms with Gasteiger partial charge in [-0.05, 0) is 63.0 Å². The molecule has 142 valence electrons. The zero-order chi connectivity index (χ0) is 19.0. The molecule has 0 spiro atoms. The van der Waals surface area contributed by atoms with E-state index in [1.165, 1.54) is 31.9 Å². The third-order valence-electron chi connectivity index (χ3n) is 6.12. The maximum Gasteiger partial charge on any atom is 0.359 e. The third-order valence-corrected chi connectivity index (χ3v) is 6.12. The van der Waals surface area contributed by atoms with E-state index in [1.54, 1.807) is 13.0 Å². The Morgan fingerprint density at radius 3 is 2.63 bits per heavy atom. The van der Waals surface area contributed by atoms with Crippen LogP contribution in [0.5, 0.6) is 0 Å². The van der Waals surface area contributed by atoms with Crippen molar-refractivity contribution >= 4 is 22.9 Å². The molecule has 1 N–H and O–H groups in total. The van der Waals surface area contributed by atoms with Gasteiger partial charge in [-0.15, -0.1) is 0 Å². The van der Waals surface area contributed by atoms with Gasteiger partial charge in [-0.25, -0.2) is 9.78 Å². The molecule has 2 fully saturated rings. The van der Waals surface area contributed by atoms with E-state index in [2.05, 4.69) is 22.2 Å². The number of ether oxygens (including phenoxy) is 1. The van der Waals surface area contributed by atoms with Gasteiger partial charge in [0.2, 0.25) is 0 Å². The highest BCUT2D eigenvalue weighted by Gasteiger charge is 2.42. The minimum Gasteiger partial charge on any atom is -0.448 e. The minimum atomic E-state index is -0.869. The van der Waals surface area contributed by atoms with Crippen LogP contribution in [-0.2, 0) is 9.53 Å². The van der Waals surface area contributed by atoms with Crippen molar-refractivity contribution in [3.63, 3.8) is 0 Å². The number of nitrogens with one attached hydrogen (secondary N) is 1. The zero-order valence-corrected chi connectivity index (χ0v) is 15.7. The first kappa shape index (κ1) is 17.9. The van der Waals surface area contributed by atoms with E-state index in [9.17, 15) is 9.59 Å². The Hall–Kier alpha value is -2.50. The standard InChI is InChI=1S/C21H25N3O3/c1-12(16-10-14-7-8-15(16)9-14)23-20(25)13(2)27-21(26)19-11-22-17-5-3-4-6-18(17)24-19/h3-6,11-16H,7-10H2,1-2H3,(H,23,25)/t12-,13+,14+,15+,16-/m1/s1. The summed E-state index contributed by atoms with van der Waals surface area (Å²) in [5.41, 5.74) is 1.43. The van der Waals surface area contributed by atoms with E-state index in [4.69, 9.17) is 4.74 Å². The smallest absolute Gasteiger partial charge is 0.359 e. The van der Waals surface area contributed by atoms with Crippen LogP contribution < -0.4 is 5.32 Å². The first-order valence-corrected chi connectivity index (χ1v) is 9.74. The van der Waals surface area contributed by atoms with Crippen LogP contribution in [0.1, 0.15) is 50.0 Å². The number of esters is 1. The van der Waals surface area contributed by atoms with E-state index in [1.807, 2.05) is 18.2 Å². The molecule has 0 radical (unpaired) electrons. The SMILES string of the molecule is C[C@H](OC(=O)c1cnc2ccccc2n1)C(=O)N[C@H](C)[C@H]1C[C@H]2CC[C@H]1C2. The van der Waals surface area contributed by atoms with Crippen molar-refractivity contribution in [2.75, 3.05) is 0 Å². The lowest BCUT2D eigenvalue weighted by Gasteiger charge is -2.29. The topological polar surface area (TPSA) is 81.2 Å². The molecule has 1 aromatic heterocycles. The van der Waals surface area contributed by atoms with Gasteiger partial charge in [-0.3, -0.25) is 9.78 Å². The predicted molar refractivity (Wildman–Crippen MR) is 101 cm³/mol. The van der Waals surface area contributed by atoms with Crippen LogP contribution in [0.4, 0.5) is 0 Å². The molecule has 2 aliphatic carbocycles. The normalized spacial score (nSPS) is 25.9. The highest BCUT2D eigenvalue weighted by Crippen LogP contribution is 2.49. The van der Waals surface area contributed by atoms with Crippen molar-refractivity contribution in [2.45, 2.75) is 51.7 Å². The first-order valence-electron chi connectivity index (χ1n) is 9.74. The van der Waals surface area contributed by atoms with Gasteiger partial charge in [0, 0.05) is 6.04 Å². The van der Waals surface area contributed by atoms with Crippen molar-refractivity contribution in [3.05, 3.63) is 36.2 Å². The van der Waals surface area contributed by atoms with Gasteiger partial charge in [0.05, 0.1) is 17.2 Å². The van der Waals surface area contributed by atoms with Gasteiger partial charge in [0.25, 0.3) is 5.91 Å². The van der Waals surface area contributed by atoms with Crippen LogP contribution in [0.3, 0.4) is 0 Å². The summed E-state index contributed by atoms with van der Waals surface area (Å²) in [6, 6.07) is 7.41. The van der Waals surface area contributed by atoms with E-state index in [0.29, 0.717) is 17.0 Å². The Kier molecular flexibility index (Phi) is 4.81. The molecule has 1 amide bonds. The van der Waals surface area contributed by atoms with Crippen LogP contribution in [-0.4, -0.2) is 34.0 Å². The van der Waals surface area contributed by atoms with Gasteiger partial charge in [-0.1, -0.05) is 18.6 Å². The Balaban J connectivity index is 1.35. The van der Waals surface area contributed by atoms with Crippen LogP contribution in [0.15, 0.2) is 30.5 Å². The Bertz CT molecular complexity index is 869. The Morgan fingerprint density at radius 1 is 1.15 bits per heavy atom. The molecule has 27 heavy (non-hydrogen) atoms. The summed E-state index contributed by atoms with van der Waals surface area (Å²) in [6.45, 7) is 3.65. The summed E-state index contributed by atoms with van der Waals surface area (Å²) in [6.07, 6.45) is 5.63. The fraction of sp³-hybridized carbons (Fsp3) is 0.524. The summed E-state index contributed by atoms with van der Waals surface area (Å²) in [5, 5.41) is 3.04. The average molecular weight is 367 g/mol. The summed E-state index contributed by atoms with van der Waals surface area (Å²) < 4.78 is 5.32. The van der Waals surface area contributed by atoms with E-state index in [-0.39, 0.29) is 17.6 Å². The summed E-state index contributed by atoms with van der Waals surface area (Å²) in [5.74, 6) is 1.22. The molecular formula is C21H25N3O3. The van der Waals surface area contributed by atoms with Gasteiger partial charge < -0.3 is 10.1 Å². The molecule has 2 saturated carbocycles. The zero-order valence-electron chi connectivity index (χ0n) is 15.7. The number of benzene rings is 1. The molecule has 1 heterocycles. The van der Waals surface area contributed by atoms with Crippen molar-refractivity contribution in [3.8, 4) is 0 Å². The second-order valence-electron chi connectivity index (χ2n) is 7.93. The number of carbonyl (C=O) groups excluding carboxylic acids is 2. The number of hydrogen-bond donors (Lipinski definition) is 1. The highest BCUT2D eigenvalue weighted by molar-refractivity contribution is 5.92. The number of aromatic nitrogens is 2. The van der Waals surface area contributed by atoms with Crippen molar-refractivity contribution in [1.82, 2.24) is 15.3 Å². The number of fused-ring (bicyclic) bond motifs is 3. The third kappa shape index (κ3) is 3.66. The average Bonchev–Trinajstić information content (AvgIpc) is 3.31. The summed E-state index contributed by atoms with van der Waals surface area (Å²) in [7, 11) is 0. The van der Waals surface area contributed by atoms with Crippen LogP contribution in [0, 0.1) is 17.8 Å². The number of nitrogens with zero attached hydrogens (tertiary/aromatic N) is 2. The van der Waals surface area contributed by atoms with Gasteiger partial charge in [0.15, 0.2) is 11.8 Å². The van der Waals surface area contributed by atoms with Crippen LogP contribution in [0.2, 0.25) is 0 Å². The lowest BCUT2D eigenvalue weighted by atomic mass is 9.84. The van der Waals surface area contributed by atoms with Gasteiger partial charge in [0.1, 0.15) is 0 Å². The Morgan fingerprint density at radius 2 is 1.93 bits per heavy atom. The number of amides is 1. The van der Waals surface area contributed by atoms with Gasteiger partial charge in [-0.2, -0.15) is 0 Å². The lowest BCUT2D eigenvalue weighted by molar-refractivity contribution is -0.130. The number of carbonyl (C=O) groups is 2. The fourth-order valence-electron chi connectivity index (χ4n) is 4.69. The number of hydrogen-bond acceptors (Lipinski definition) is 5. The van der Waals surface area contributed by atoms with E-state index in [0.717, 1.165) is 11.8 Å². The molecule has 5 atom stereocenters. The Labute approximate surface area is 158 Å². The van der Waals surface area contributed by atoms with Crippen LogP contribution >= 0.6 is 0 Å². The molecule has 2 aromatic rings. The quantitative estimate of drug-likeness (QED) is 0.821. The molecule has 0 aliphatic heterocycles. The van der Waals surface area contributed by atoms with Gasteiger partial charge >= 0.3 is 5.97 Å². The van der Waals surface area contributed by atoms with Crippen molar-refractivity contribution in [1.29, 1.82) is 0 Å². The molecule has 6 nitrogen and oxygen atoms in total. The minimum absolute atomic E-state index is 0.106. The second-order valence-corrected chi connectivity index (χ2v) is 7.93. The summed E-state index contributed by atoms with van der Waals surface area (Å²) in [4.78, 5) is 33.3. The second kappa shape index (κ2) is 7.25. The molecule has 1 aromatic carbocycles. The molecule has 4 rings (SSSR count). The first-order chi connectivity index (χ1) is 13.0. The lowest BCUT2D eigenvalue weighted by Crippen LogP contribution is -2.45. The van der Waals surface area contributed by atoms with Crippen molar-refractivity contribution < 1.29 is 14.3 Å². The monoisotopic (exact) mass is 367 g/mol. The molecule has 2 bridgehead atoms. The maximum atomic E-state index is 12.5. The highest BCUT2D eigenvalue weighted by atomic mass is 16.5. The number of rotatable bonds is 5. The molecule has 0 unspecified atom stereocenters. The molecule has 2 aliphatic rings. The number of para-hydroxylation sites is 2. The molecule has 6 heteroatoms.